The summed E-state index contributed by atoms with van der Waals surface area (Å²) in [5.74, 6) is 0.899. The van der Waals surface area contributed by atoms with E-state index in [4.69, 9.17) is 0 Å². The van der Waals surface area contributed by atoms with Gasteiger partial charge in [-0.2, -0.15) is 4.99 Å². The normalized spacial score (nSPS) is 15.8. The van der Waals surface area contributed by atoms with E-state index in [-0.39, 0.29) is 29.4 Å². The fourth-order valence-electron chi connectivity index (χ4n) is 5.29. The second kappa shape index (κ2) is 13.9. The van der Waals surface area contributed by atoms with Crippen molar-refractivity contribution >= 4 is 28.6 Å². The van der Waals surface area contributed by atoms with E-state index in [0.717, 1.165) is 28.1 Å². The molecule has 13 heteroatoms. The van der Waals surface area contributed by atoms with Crippen molar-refractivity contribution in [2.45, 2.75) is 58.4 Å². The first-order chi connectivity index (χ1) is 21.9. The van der Waals surface area contributed by atoms with Crippen molar-refractivity contribution in [1.29, 1.82) is 0 Å². The van der Waals surface area contributed by atoms with Crippen molar-refractivity contribution in [3.8, 4) is 22.8 Å². The highest BCUT2D eigenvalue weighted by atomic mass is 32.2. The Labute approximate surface area is 268 Å². The fraction of sp³-hybridized carbons (Fsp3) is 0.333. The molecule has 3 aromatic carbocycles. The first-order valence-electron chi connectivity index (χ1n) is 14.8. The standard InChI is InChI=1S/C33H34F4N6O2S/c1-20(2)28-18-25(34)9-14-29(28)42-15-16-46-32(42)40-31(44)39-22(4)17-21(3)23-5-7-24(8-6-23)30-38-19-43(41-30)26-10-12-27(13-11-26)45-33(35,36)37/h5-14,18-22H,15-17H2,1-4H3,(H,39,44)/b40-32-. The summed E-state index contributed by atoms with van der Waals surface area (Å²) in [7, 11) is 0. The number of amidine groups is 1. The number of rotatable bonds is 9. The summed E-state index contributed by atoms with van der Waals surface area (Å²) in [4.78, 5) is 23.6. The molecule has 46 heavy (non-hydrogen) atoms. The Morgan fingerprint density at radius 2 is 1.76 bits per heavy atom. The van der Waals surface area contributed by atoms with Crippen LogP contribution in [0.1, 0.15) is 57.1 Å². The van der Waals surface area contributed by atoms with Gasteiger partial charge in [0, 0.05) is 29.6 Å². The van der Waals surface area contributed by atoms with Crippen LogP contribution in [0.4, 0.5) is 28.0 Å². The molecule has 1 fully saturated rings. The van der Waals surface area contributed by atoms with Crippen molar-refractivity contribution in [1.82, 2.24) is 20.1 Å². The summed E-state index contributed by atoms with van der Waals surface area (Å²) < 4.78 is 56.6. The molecule has 0 spiro atoms. The number of thioether (sulfide) groups is 1. The number of nitrogens with one attached hydrogen (secondary N) is 1. The number of aliphatic imine (C=N–C) groups is 1. The number of benzene rings is 3. The number of urea groups is 1. The zero-order valence-corrected chi connectivity index (χ0v) is 26.6. The van der Waals surface area contributed by atoms with E-state index in [0.29, 0.717) is 29.6 Å². The van der Waals surface area contributed by atoms with Crippen LogP contribution in [-0.4, -0.2) is 50.7 Å². The van der Waals surface area contributed by atoms with Gasteiger partial charge in [0.2, 0.25) is 0 Å². The Balaban J connectivity index is 1.17. The molecule has 2 unspecified atom stereocenters. The Morgan fingerprint density at radius 3 is 2.43 bits per heavy atom. The van der Waals surface area contributed by atoms with E-state index in [1.165, 1.54) is 53.1 Å². The highest BCUT2D eigenvalue weighted by molar-refractivity contribution is 8.14. The Hall–Kier alpha value is -4.39. The second-order valence-electron chi connectivity index (χ2n) is 11.4. The first-order valence-corrected chi connectivity index (χ1v) is 15.8. The minimum atomic E-state index is -4.76. The third-order valence-corrected chi connectivity index (χ3v) is 8.47. The lowest BCUT2D eigenvalue weighted by atomic mass is 9.93. The lowest BCUT2D eigenvalue weighted by molar-refractivity contribution is -0.274. The van der Waals surface area contributed by atoms with E-state index in [1.54, 1.807) is 12.1 Å². The Morgan fingerprint density at radius 1 is 1.04 bits per heavy atom. The highest BCUT2D eigenvalue weighted by Gasteiger charge is 2.31. The number of ether oxygens (including phenoxy) is 1. The average molecular weight is 655 g/mol. The molecule has 2 atom stereocenters. The van der Waals surface area contributed by atoms with Gasteiger partial charge in [-0.05, 0) is 78.8 Å². The summed E-state index contributed by atoms with van der Waals surface area (Å²) in [5, 5.41) is 8.04. The number of anilines is 1. The molecular weight excluding hydrogens is 620 g/mol. The molecule has 2 amide bonds. The minimum Gasteiger partial charge on any atom is -0.406 e. The summed E-state index contributed by atoms with van der Waals surface area (Å²) in [5.41, 5.74) is 4.14. The lowest BCUT2D eigenvalue weighted by Crippen LogP contribution is -2.33. The molecule has 8 nitrogen and oxygen atoms in total. The Kier molecular flexibility index (Phi) is 10.00. The highest BCUT2D eigenvalue weighted by Crippen LogP contribution is 2.33. The summed E-state index contributed by atoms with van der Waals surface area (Å²) in [6, 6.07) is 17.3. The van der Waals surface area contributed by atoms with Crippen molar-refractivity contribution < 1.29 is 27.1 Å². The maximum absolute atomic E-state index is 13.9. The predicted octanol–water partition coefficient (Wildman–Crippen LogP) is 8.30. The average Bonchev–Trinajstić information content (AvgIpc) is 3.67. The van der Waals surface area contributed by atoms with E-state index >= 15 is 0 Å². The summed E-state index contributed by atoms with van der Waals surface area (Å²) in [6.45, 7) is 8.74. The number of hydrogen-bond acceptors (Lipinski definition) is 5. The first kappa shape index (κ1) is 33.0. The smallest absolute Gasteiger partial charge is 0.406 e. The fourth-order valence-corrected chi connectivity index (χ4v) is 6.24. The third-order valence-electron chi connectivity index (χ3n) is 7.52. The van der Waals surface area contributed by atoms with Gasteiger partial charge in [-0.1, -0.05) is 56.8 Å². The topological polar surface area (TPSA) is 84.6 Å². The molecule has 2 heterocycles. The van der Waals surface area contributed by atoms with Gasteiger partial charge < -0.3 is 15.0 Å². The van der Waals surface area contributed by atoms with Gasteiger partial charge in [-0.3, -0.25) is 0 Å². The number of hydrogen-bond donors (Lipinski definition) is 1. The second-order valence-corrected chi connectivity index (χ2v) is 12.5. The van der Waals surface area contributed by atoms with Gasteiger partial charge >= 0.3 is 12.4 Å². The molecule has 0 bridgehead atoms. The number of halogens is 4. The van der Waals surface area contributed by atoms with Crippen LogP contribution in [0.3, 0.4) is 0 Å². The van der Waals surface area contributed by atoms with E-state index in [9.17, 15) is 22.4 Å². The van der Waals surface area contributed by atoms with Crippen molar-refractivity contribution in [3.05, 3.63) is 90.0 Å². The number of nitrogens with zero attached hydrogens (tertiary/aromatic N) is 5. The molecule has 0 radical (unpaired) electrons. The monoisotopic (exact) mass is 654 g/mol. The summed E-state index contributed by atoms with van der Waals surface area (Å²) >= 11 is 1.51. The van der Waals surface area contributed by atoms with Crippen LogP contribution < -0.4 is 15.0 Å². The molecule has 1 aliphatic heterocycles. The molecule has 1 aromatic heterocycles. The number of aromatic nitrogens is 3. The van der Waals surface area contributed by atoms with Gasteiger partial charge in [0.05, 0.1) is 5.69 Å². The van der Waals surface area contributed by atoms with Crippen LogP contribution >= 0.6 is 11.8 Å². The number of carbonyl (C=O) groups is 1. The van der Waals surface area contributed by atoms with Crippen molar-refractivity contribution in [3.63, 3.8) is 0 Å². The van der Waals surface area contributed by atoms with E-state index in [1.807, 2.05) is 49.9 Å². The molecule has 242 valence electrons. The number of alkyl halides is 3. The lowest BCUT2D eigenvalue weighted by Gasteiger charge is -2.23. The number of amides is 2. The van der Waals surface area contributed by atoms with Gasteiger partial charge in [-0.25, -0.2) is 18.9 Å². The van der Waals surface area contributed by atoms with Crippen LogP contribution in [0.2, 0.25) is 0 Å². The van der Waals surface area contributed by atoms with E-state index < -0.39 is 12.4 Å². The molecule has 5 rings (SSSR count). The minimum absolute atomic E-state index is 0.117. The zero-order chi connectivity index (χ0) is 33.0. The predicted molar refractivity (Wildman–Crippen MR) is 172 cm³/mol. The van der Waals surface area contributed by atoms with Gasteiger partial charge in [-0.15, -0.1) is 18.3 Å². The molecular formula is C33H34F4N6O2S. The zero-order valence-electron chi connectivity index (χ0n) is 25.8. The van der Waals surface area contributed by atoms with Crippen LogP contribution in [-0.2, 0) is 0 Å². The van der Waals surface area contributed by atoms with Crippen LogP contribution in [0.15, 0.2) is 78.0 Å². The Bertz CT molecular complexity index is 1690. The molecule has 0 aliphatic carbocycles. The largest absolute Gasteiger partial charge is 0.573 e. The third kappa shape index (κ3) is 8.25. The molecule has 1 saturated heterocycles. The molecule has 0 saturated carbocycles. The van der Waals surface area contributed by atoms with E-state index in [2.05, 4.69) is 32.1 Å². The maximum atomic E-state index is 13.9. The van der Waals surface area contributed by atoms with Crippen molar-refractivity contribution in [2.75, 3.05) is 17.2 Å². The SMILES string of the molecule is CC(CC(C)c1ccc(-c2ncn(-c3ccc(OC(F)(F)F)cc3)n2)cc1)NC(=O)/N=C1\SCCN1c1ccc(F)cc1C(C)C. The van der Waals surface area contributed by atoms with Gasteiger partial charge in [0.25, 0.3) is 0 Å². The molecule has 4 aromatic rings. The van der Waals surface area contributed by atoms with Gasteiger partial charge in [0.15, 0.2) is 11.0 Å². The van der Waals surface area contributed by atoms with Crippen LogP contribution in [0.25, 0.3) is 17.1 Å². The number of carbonyl (C=O) groups excluding carboxylic acids is 1. The summed E-state index contributed by atoms with van der Waals surface area (Å²) in [6.07, 6.45) is -2.58. The maximum Gasteiger partial charge on any atom is 0.573 e. The quantitative estimate of drug-likeness (QED) is 0.183. The van der Waals surface area contributed by atoms with Gasteiger partial charge in [0.1, 0.15) is 17.9 Å². The van der Waals surface area contributed by atoms with Crippen LogP contribution in [0.5, 0.6) is 5.75 Å². The molecule has 1 N–H and O–H groups in total. The molecule has 1 aliphatic rings. The van der Waals surface area contributed by atoms with Crippen LogP contribution in [0, 0.1) is 5.82 Å². The van der Waals surface area contributed by atoms with Crippen molar-refractivity contribution in [2.24, 2.45) is 4.99 Å².